The molecule has 370 valence electrons. The van der Waals surface area contributed by atoms with E-state index in [2.05, 4.69) is 133 Å². The molecule has 0 fully saturated rings. The number of para-hydroxylation sites is 2. The highest BCUT2D eigenvalue weighted by atomic mass is 32.2. The number of aromatic nitrogens is 1. The van der Waals surface area contributed by atoms with Crippen LogP contribution in [0.5, 0.6) is 11.5 Å². The Morgan fingerprint density at radius 1 is 0.831 bits per heavy atom. The van der Waals surface area contributed by atoms with Crippen LogP contribution in [0.2, 0.25) is 0 Å². The molecule has 5 aromatic carbocycles. The van der Waals surface area contributed by atoms with Gasteiger partial charge in [-0.3, -0.25) is 0 Å². The summed E-state index contributed by atoms with van der Waals surface area (Å²) in [7, 11) is 3.66. The molecule has 6 aromatic rings. The smallest absolute Gasteiger partial charge is 0.407 e. The first kappa shape index (κ1) is 52.6. The molecule has 71 heavy (non-hydrogen) atoms. The summed E-state index contributed by atoms with van der Waals surface area (Å²) < 4.78 is 41.9. The number of carbonyl (C=O) groups is 1. The van der Waals surface area contributed by atoms with Gasteiger partial charge in [0.1, 0.15) is 23.2 Å². The number of methoxy groups -OCH3 is 2. The second-order valence-electron chi connectivity index (χ2n) is 17.4. The van der Waals surface area contributed by atoms with Crippen LogP contribution in [0, 0.1) is 11.3 Å². The minimum atomic E-state index is -1.72. The summed E-state index contributed by atoms with van der Waals surface area (Å²) in [6, 6.07) is 46.9. The third-order valence-corrected chi connectivity index (χ3v) is 15.4. The maximum atomic E-state index is 13.6. The lowest BCUT2D eigenvalue weighted by Crippen LogP contribution is -2.42. The van der Waals surface area contributed by atoms with E-state index in [9.17, 15) is 10.1 Å². The van der Waals surface area contributed by atoms with Gasteiger partial charge in [-0.05, 0) is 98.5 Å². The Balaban J connectivity index is 1.08. The van der Waals surface area contributed by atoms with E-state index in [-0.39, 0.29) is 44.9 Å². The van der Waals surface area contributed by atoms with E-state index in [1.165, 1.54) is 15.6 Å². The first-order valence-corrected chi connectivity index (χ1v) is 25.9. The quantitative estimate of drug-likeness (QED) is 0.0270. The molecule has 1 aliphatic rings. The van der Waals surface area contributed by atoms with E-state index >= 15 is 0 Å². The largest absolute Gasteiger partial charge is 0.497 e. The van der Waals surface area contributed by atoms with E-state index in [4.69, 9.17) is 28.0 Å². The molecule has 1 unspecified atom stereocenters. The number of hydrogen-bond donors (Lipinski definition) is 1. The SMILES string of the molecule is COc1ccc(C(OC[C@H](CNC(=O)OCCC[n+]2ccc(/C=C/C=C3/Sc4ccccc4N3C)c3ccccc32)OP(OCCC#N)N(C(C)C)C(C)C)(c2ccccc2)c2ccc(OC)cc2)cc1. The minimum Gasteiger partial charge on any atom is -0.497 e. The van der Waals surface area contributed by atoms with Crippen LogP contribution in [0.4, 0.5) is 10.5 Å². The normalized spacial score (nSPS) is 14.0. The predicted octanol–water partition coefficient (Wildman–Crippen LogP) is 12.0. The summed E-state index contributed by atoms with van der Waals surface area (Å²) in [5, 5.41) is 14.7. The van der Waals surface area contributed by atoms with Crippen LogP contribution in [0.15, 0.2) is 162 Å². The highest BCUT2D eigenvalue weighted by Crippen LogP contribution is 2.48. The van der Waals surface area contributed by atoms with Crippen LogP contribution >= 0.6 is 20.3 Å². The molecule has 2 heterocycles. The summed E-state index contributed by atoms with van der Waals surface area (Å²) in [4.78, 5) is 17.1. The molecule has 1 amide bonds. The molecule has 1 aromatic heterocycles. The average molecular weight is 995 g/mol. The molecule has 0 aliphatic carbocycles. The van der Waals surface area contributed by atoms with Gasteiger partial charge >= 0.3 is 6.09 Å². The number of amides is 1. The number of pyridine rings is 1. The van der Waals surface area contributed by atoms with Gasteiger partial charge in [0.25, 0.3) is 8.53 Å². The van der Waals surface area contributed by atoms with Crippen molar-refractivity contribution in [3.05, 3.63) is 179 Å². The van der Waals surface area contributed by atoms with Gasteiger partial charge < -0.3 is 38.2 Å². The number of nitrogens with zero attached hydrogens (tertiary/aromatic N) is 4. The molecule has 12 nitrogen and oxygen atoms in total. The number of fused-ring (bicyclic) bond motifs is 2. The molecule has 14 heteroatoms. The number of carbonyl (C=O) groups excluding carboxylic acids is 1. The third kappa shape index (κ3) is 13.2. The van der Waals surface area contributed by atoms with Gasteiger partial charge in [-0.1, -0.05) is 103 Å². The van der Waals surface area contributed by atoms with Crippen LogP contribution in [-0.4, -0.2) is 76.6 Å². The van der Waals surface area contributed by atoms with Gasteiger partial charge in [0.05, 0.1) is 62.6 Å². The standard InChI is InChI=1S/C57H64N5O7PS/c1-42(2)62(43(3)4)70(68-39-16-35-58)69-50(41-67-57(45-19-9-8-10-20-45,46-26-30-48(64-6)31-27-46)47-28-32-49(65-7)33-29-47)40-59-56(63)66-38-17-36-61-37-34-44(51-21-11-12-22-52(51)61)18-15-25-55-60(5)53-23-13-14-24-54(53)71-55/h8-15,18-34,37,42-43,50H,16-17,36,38-41H2,1-7H3/p+1/t50-,70?/m0/s1. The molecule has 0 saturated heterocycles. The highest BCUT2D eigenvalue weighted by molar-refractivity contribution is 8.03. The Hall–Kier alpha value is -6.23. The topological polar surface area (TPSA) is 119 Å². The van der Waals surface area contributed by atoms with Crippen molar-refractivity contribution in [3.8, 4) is 17.6 Å². The lowest BCUT2D eigenvalue weighted by molar-refractivity contribution is -0.672. The van der Waals surface area contributed by atoms with Crippen LogP contribution in [0.3, 0.4) is 0 Å². The van der Waals surface area contributed by atoms with Gasteiger partial charge in [0, 0.05) is 49.1 Å². The van der Waals surface area contributed by atoms with Crippen LogP contribution in [0.1, 0.15) is 62.8 Å². The summed E-state index contributed by atoms with van der Waals surface area (Å²) in [6.07, 6.45) is 8.00. The number of alkyl carbamates (subject to hydrolysis) is 1. The molecular weight excluding hydrogens is 930 g/mol. The van der Waals surface area contributed by atoms with Crippen molar-refractivity contribution in [3.63, 3.8) is 0 Å². The van der Waals surface area contributed by atoms with E-state index in [1.807, 2.05) is 84.9 Å². The van der Waals surface area contributed by atoms with Crippen LogP contribution in [-0.2, 0) is 30.7 Å². The molecule has 7 rings (SSSR count). The number of aryl methyl sites for hydroxylation is 1. The third-order valence-electron chi connectivity index (χ3n) is 12.1. The summed E-state index contributed by atoms with van der Waals surface area (Å²) in [5.41, 5.74) is 4.87. The molecule has 0 bridgehead atoms. The first-order valence-electron chi connectivity index (χ1n) is 24.0. The Morgan fingerprint density at radius 3 is 2.11 bits per heavy atom. The average Bonchev–Trinajstić information content (AvgIpc) is 3.71. The Kier molecular flexibility index (Phi) is 19.1. The first-order chi connectivity index (χ1) is 34.6. The van der Waals surface area contributed by atoms with Crippen molar-refractivity contribution >= 4 is 49.0 Å². The van der Waals surface area contributed by atoms with Gasteiger partial charge in [0.2, 0.25) is 5.52 Å². The van der Waals surface area contributed by atoms with Gasteiger partial charge in [-0.25, -0.2) is 9.46 Å². The zero-order chi connectivity index (χ0) is 50.2. The molecule has 2 atom stereocenters. The monoisotopic (exact) mass is 994 g/mol. The lowest BCUT2D eigenvalue weighted by atomic mass is 9.80. The van der Waals surface area contributed by atoms with Crippen molar-refractivity contribution < 1.29 is 37.4 Å². The van der Waals surface area contributed by atoms with Crippen molar-refractivity contribution in [1.29, 1.82) is 5.26 Å². The predicted molar refractivity (Wildman–Crippen MR) is 284 cm³/mol. The minimum absolute atomic E-state index is 0.0222. The fourth-order valence-corrected chi connectivity index (χ4v) is 11.4. The summed E-state index contributed by atoms with van der Waals surface area (Å²) >= 11 is 1.77. The number of nitriles is 1. The molecule has 0 saturated carbocycles. The van der Waals surface area contributed by atoms with Crippen molar-refractivity contribution in [2.75, 3.05) is 52.5 Å². The second-order valence-corrected chi connectivity index (χ2v) is 19.9. The molecule has 0 radical (unpaired) electrons. The number of thioether (sulfide) groups is 1. The maximum absolute atomic E-state index is 13.6. The van der Waals surface area contributed by atoms with Crippen LogP contribution < -0.4 is 24.3 Å². The number of rotatable bonds is 24. The fourth-order valence-electron chi connectivity index (χ4n) is 8.64. The Labute approximate surface area is 424 Å². The number of nitrogens with one attached hydrogen (secondary N) is 1. The van der Waals surface area contributed by atoms with E-state index in [0.717, 1.165) is 33.2 Å². The number of hydrogen-bond acceptors (Lipinski definition) is 11. The Bertz CT molecular complexity index is 2710. The number of benzene rings is 5. The molecule has 1 aliphatic heterocycles. The molecular formula is C57H65N5O7PS+. The van der Waals surface area contributed by atoms with E-state index < -0.39 is 26.3 Å². The maximum Gasteiger partial charge on any atom is 0.407 e. The number of allylic oxidation sites excluding steroid dienone is 2. The zero-order valence-electron chi connectivity index (χ0n) is 41.7. The Morgan fingerprint density at radius 2 is 1.46 bits per heavy atom. The van der Waals surface area contributed by atoms with E-state index in [0.29, 0.717) is 24.5 Å². The lowest BCUT2D eigenvalue weighted by Gasteiger charge is -2.39. The molecule has 0 spiro atoms. The second kappa shape index (κ2) is 25.8. The van der Waals surface area contributed by atoms with Gasteiger partial charge in [0.15, 0.2) is 12.7 Å². The van der Waals surface area contributed by atoms with Gasteiger partial charge in [-0.15, -0.1) is 0 Å². The van der Waals surface area contributed by atoms with Gasteiger partial charge in [-0.2, -0.15) is 9.83 Å². The number of ether oxygens (including phenoxy) is 4. The highest BCUT2D eigenvalue weighted by Gasteiger charge is 2.40. The zero-order valence-corrected chi connectivity index (χ0v) is 43.4. The van der Waals surface area contributed by atoms with Crippen molar-refractivity contribution in [2.24, 2.45) is 0 Å². The summed E-state index contributed by atoms with van der Waals surface area (Å²) in [6.45, 7) is 9.43. The van der Waals surface area contributed by atoms with Crippen molar-refractivity contribution in [1.82, 2.24) is 9.99 Å². The van der Waals surface area contributed by atoms with Crippen molar-refractivity contribution in [2.45, 2.75) is 75.8 Å². The summed E-state index contributed by atoms with van der Waals surface area (Å²) in [5.74, 6) is 1.41. The number of anilines is 1. The molecule has 1 N–H and O–H groups in total. The van der Waals surface area contributed by atoms with E-state index in [1.54, 1.807) is 26.0 Å². The fraction of sp³-hybridized carbons (Fsp3) is 0.316. The van der Waals surface area contributed by atoms with Crippen LogP contribution in [0.25, 0.3) is 17.0 Å².